The molecule has 0 aliphatic heterocycles. The van der Waals surface area contributed by atoms with Gasteiger partial charge in [-0.05, 0) is 59.8 Å². The van der Waals surface area contributed by atoms with Gasteiger partial charge in [-0.2, -0.15) is 0 Å². The van der Waals surface area contributed by atoms with Gasteiger partial charge in [0.05, 0.1) is 0 Å². The van der Waals surface area contributed by atoms with Gasteiger partial charge in [-0.15, -0.1) is 0 Å². The Bertz CT molecular complexity index is 695. The molecule has 0 aromatic heterocycles. The maximum absolute atomic E-state index is 3.90. The lowest BCUT2D eigenvalue weighted by atomic mass is 9.91. The Balaban J connectivity index is 2.34. The molecule has 2 nitrogen and oxygen atoms in total. The third-order valence-electron chi connectivity index (χ3n) is 6.24. The normalized spacial score (nSPS) is 13.9. The summed E-state index contributed by atoms with van der Waals surface area (Å²) in [6.07, 6.45) is 0. The topological polar surface area (TPSA) is 24.1 Å². The van der Waals surface area contributed by atoms with E-state index in [2.05, 4.69) is 116 Å². The summed E-state index contributed by atoms with van der Waals surface area (Å²) in [5, 5.41) is 7.79. The Morgan fingerprint density at radius 1 is 0.433 bits per heavy atom. The fourth-order valence-corrected chi connectivity index (χ4v) is 4.14. The highest BCUT2D eigenvalue weighted by Gasteiger charge is 2.21. The third kappa shape index (κ3) is 5.59. The highest BCUT2D eigenvalue weighted by Crippen LogP contribution is 2.35. The zero-order valence-corrected chi connectivity index (χ0v) is 20.9. The Kier molecular flexibility index (Phi) is 8.41. The zero-order chi connectivity index (χ0) is 22.6. The summed E-state index contributed by atoms with van der Waals surface area (Å²) in [6.45, 7) is 22.9. The summed E-state index contributed by atoms with van der Waals surface area (Å²) in [5.74, 6) is 1.98. The van der Waals surface area contributed by atoms with Crippen LogP contribution in [0.4, 0.5) is 11.4 Å². The molecule has 0 unspecified atom stereocenters. The van der Waals surface area contributed by atoms with E-state index < -0.39 is 0 Å². The number of rotatable bonds is 9. The first kappa shape index (κ1) is 24.3. The molecule has 166 valence electrons. The predicted molar refractivity (Wildman–Crippen MR) is 135 cm³/mol. The fraction of sp³-hybridized carbons (Fsp3) is 0.571. The van der Waals surface area contributed by atoms with Crippen LogP contribution in [0.15, 0.2) is 36.4 Å². The van der Waals surface area contributed by atoms with E-state index in [-0.39, 0.29) is 0 Å². The molecule has 2 atom stereocenters. The smallest absolute Gasteiger partial charge is 0.0432 e. The second-order valence-electron chi connectivity index (χ2n) is 10.1. The van der Waals surface area contributed by atoms with E-state index in [1.165, 1.54) is 33.6 Å². The largest absolute Gasteiger partial charge is 0.380 e. The summed E-state index contributed by atoms with van der Waals surface area (Å²) in [7, 11) is 0. The molecule has 30 heavy (non-hydrogen) atoms. The third-order valence-corrected chi connectivity index (χ3v) is 6.24. The highest BCUT2D eigenvalue weighted by atomic mass is 15.0. The van der Waals surface area contributed by atoms with Crippen LogP contribution in [0.5, 0.6) is 0 Å². The van der Waals surface area contributed by atoms with Crippen molar-refractivity contribution < 1.29 is 0 Å². The van der Waals surface area contributed by atoms with Gasteiger partial charge in [-0.1, -0.05) is 91.8 Å². The Morgan fingerprint density at radius 2 is 0.667 bits per heavy atom. The van der Waals surface area contributed by atoms with Gasteiger partial charge in [-0.25, -0.2) is 0 Å². The van der Waals surface area contributed by atoms with Crippen molar-refractivity contribution in [3.63, 3.8) is 0 Å². The van der Waals surface area contributed by atoms with Crippen molar-refractivity contribution in [1.29, 1.82) is 0 Å². The molecule has 2 rings (SSSR count). The molecule has 0 saturated carbocycles. The van der Waals surface area contributed by atoms with E-state index in [1.54, 1.807) is 0 Å². The average molecular weight is 409 g/mol. The van der Waals surface area contributed by atoms with E-state index in [4.69, 9.17) is 0 Å². The number of nitrogens with one attached hydrogen (secondary N) is 2. The van der Waals surface area contributed by atoms with Gasteiger partial charge in [-0.3, -0.25) is 0 Å². The summed E-state index contributed by atoms with van der Waals surface area (Å²) in [6, 6.07) is 14.1. The molecular weight excluding hydrogens is 364 g/mol. The number of hydrogen-bond donors (Lipinski definition) is 2. The maximum Gasteiger partial charge on any atom is 0.0432 e. The van der Waals surface area contributed by atoms with Gasteiger partial charge < -0.3 is 10.6 Å². The van der Waals surface area contributed by atoms with E-state index in [1.807, 2.05) is 0 Å². The average Bonchev–Trinajstić information content (AvgIpc) is 2.67. The number of hydrogen-bond acceptors (Lipinski definition) is 2. The Labute approximate surface area is 185 Å². The minimum Gasteiger partial charge on any atom is -0.380 e. The number of para-hydroxylation sites is 2. The zero-order valence-electron chi connectivity index (χ0n) is 20.9. The summed E-state index contributed by atoms with van der Waals surface area (Å²) < 4.78 is 0. The first-order chi connectivity index (χ1) is 14.0. The molecule has 2 N–H and O–H groups in total. The van der Waals surface area contributed by atoms with Gasteiger partial charge in [0.2, 0.25) is 0 Å². The van der Waals surface area contributed by atoms with Crippen molar-refractivity contribution in [2.75, 3.05) is 10.6 Å². The minimum absolute atomic E-state index is 0.294. The molecule has 2 aromatic rings. The van der Waals surface area contributed by atoms with Crippen molar-refractivity contribution in [2.24, 2.45) is 0 Å². The molecule has 0 heterocycles. The van der Waals surface area contributed by atoms with Crippen molar-refractivity contribution in [3.8, 4) is 0 Å². The van der Waals surface area contributed by atoms with Crippen molar-refractivity contribution in [1.82, 2.24) is 0 Å². The monoisotopic (exact) mass is 408 g/mol. The van der Waals surface area contributed by atoms with E-state index >= 15 is 0 Å². The van der Waals surface area contributed by atoms with Gasteiger partial charge in [0, 0.05) is 23.5 Å². The van der Waals surface area contributed by atoms with Crippen LogP contribution < -0.4 is 10.6 Å². The quantitative estimate of drug-likeness (QED) is 0.434. The molecule has 0 aliphatic carbocycles. The van der Waals surface area contributed by atoms with Crippen molar-refractivity contribution >= 4 is 11.4 Å². The summed E-state index contributed by atoms with van der Waals surface area (Å²) in [4.78, 5) is 0. The maximum atomic E-state index is 3.90. The Hall–Kier alpha value is -1.96. The summed E-state index contributed by atoms with van der Waals surface area (Å²) in [5.41, 5.74) is 8.28. The van der Waals surface area contributed by atoms with E-state index in [0.29, 0.717) is 35.8 Å². The van der Waals surface area contributed by atoms with Crippen LogP contribution in [0, 0.1) is 0 Å². The summed E-state index contributed by atoms with van der Waals surface area (Å²) >= 11 is 0. The van der Waals surface area contributed by atoms with Gasteiger partial charge >= 0.3 is 0 Å². The van der Waals surface area contributed by atoms with Crippen LogP contribution >= 0.6 is 0 Å². The van der Waals surface area contributed by atoms with Crippen LogP contribution in [-0.2, 0) is 0 Å². The van der Waals surface area contributed by atoms with Crippen LogP contribution in [0.2, 0.25) is 0 Å². The highest BCUT2D eigenvalue weighted by molar-refractivity contribution is 5.63. The lowest BCUT2D eigenvalue weighted by Gasteiger charge is -2.31. The van der Waals surface area contributed by atoms with Gasteiger partial charge in [0.15, 0.2) is 0 Å². The van der Waals surface area contributed by atoms with Crippen LogP contribution in [0.1, 0.15) is 115 Å². The van der Waals surface area contributed by atoms with Gasteiger partial charge in [0.25, 0.3) is 0 Å². The van der Waals surface area contributed by atoms with E-state index in [0.717, 1.165) is 0 Å². The van der Waals surface area contributed by atoms with Crippen molar-refractivity contribution in [3.05, 3.63) is 58.7 Å². The molecule has 0 amide bonds. The number of anilines is 2. The molecule has 0 radical (unpaired) electrons. The van der Waals surface area contributed by atoms with Crippen LogP contribution in [0.25, 0.3) is 0 Å². The minimum atomic E-state index is 0.294. The lowest BCUT2D eigenvalue weighted by Crippen LogP contribution is -2.36. The molecule has 2 heteroatoms. The lowest BCUT2D eigenvalue weighted by molar-refractivity contribution is 0.667. The predicted octanol–water partition coefficient (Wildman–Crippen LogP) is 8.48. The van der Waals surface area contributed by atoms with Gasteiger partial charge in [0.1, 0.15) is 0 Å². The molecule has 0 aliphatic rings. The fourth-order valence-electron chi connectivity index (χ4n) is 4.14. The van der Waals surface area contributed by atoms with E-state index in [9.17, 15) is 0 Å². The van der Waals surface area contributed by atoms with Crippen molar-refractivity contribution in [2.45, 2.75) is 105 Å². The second-order valence-corrected chi connectivity index (χ2v) is 10.1. The molecule has 0 fully saturated rings. The second kappa shape index (κ2) is 10.4. The molecule has 0 saturated heterocycles. The first-order valence-corrected chi connectivity index (χ1v) is 11.8. The van der Waals surface area contributed by atoms with Crippen LogP contribution in [-0.4, -0.2) is 12.1 Å². The van der Waals surface area contributed by atoms with Crippen LogP contribution in [0.3, 0.4) is 0 Å². The Morgan fingerprint density at radius 3 is 0.867 bits per heavy atom. The molecular formula is C28H44N2. The molecule has 2 aromatic carbocycles. The molecule has 0 spiro atoms. The standard InChI is InChI=1S/C28H44N2/c1-17(2)23-13-11-14-24(18(3)4)27(23)29-21(9)22(10)30-28-25(19(5)6)15-12-16-26(28)20(7)8/h11-22,29-30H,1-10H3/t21-,22-/m1/s1. The molecule has 0 bridgehead atoms. The SMILES string of the molecule is CC(C)c1cccc(C(C)C)c1N[C@H](C)[C@@H](C)Nc1c(C(C)C)cccc1C(C)C. The first-order valence-electron chi connectivity index (χ1n) is 11.8. The number of benzene rings is 2.